The number of carbonyl (C=O) groups is 2. The zero-order valence-corrected chi connectivity index (χ0v) is 10.7. The predicted octanol–water partition coefficient (Wildman–Crippen LogP) is 0.0984. The highest BCUT2D eigenvalue weighted by atomic mass is 16.2. The Morgan fingerprint density at radius 3 is 2.35 bits per heavy atom. The van der Waals surface area contributed by atoms with Gasteiger partial charge in [-0.05, 0) is 31.6 Å². The molecule has 0 spiro atoms. The molecule has 0 aromatic heterocycles. The van der Waals surface area contributed by atoms with Crippen LogP contribution in [0.5, 0.6) is 0 Å². The van der Waals surface area contributed by atoms with E-state index in [4.69, 9.17) is 5.73 Å². The minimum atomic E-state index is -0.0796. The first kappa shape index (κ1) is 14.0. The molecular formula is C12H23N3O2. The van der Waals surface area contributed by atoms with Gasteiger partial charge in [-0.3, -0.25) is 9.59 Å². The number of hydrogen-bond acceptors (Lipinski definition) is 3. The van der Waals surface area contributed by atoms with Crippen LogP contribution < -0.4 is 11.1 Å². The molecule has 0 aliphatic heterocycles. The van der Waals surface area contributed by atoms with Crippen molar-refractivity contribution in [2.24, 2.45) is 11.7 Å². The van der Waals surface area contributed by atoms with Crippen LogP contribution in [0, 0.1) is 5.92 Å². The lowest BCUT2D eigenvalue weighted by Gasteiger charge is -2.25. The standard InChI is InChI=1S/C12H23N3O2/c1-15(2)12(17)8-14-11(16)7-9-3-5-10(13)6-4-9/h9-10H,3-8,13H2,1-2H3,(H,14,16). The smallest absolute Gasteiger partial charge is 0.241 e. The Hall–Kier alpha value is -1.10. The number of nitrogens with two attached hydrogens (primary N) is 1. The highest BCUT2D eigenvalue weighted by Gasteiger charge is 2.21. The number of nitrogens with zero attached hydrogens (tertiary/aromatic N) is 1. The van der Waals surface area contributed by atoms with E-state index in [9.17, 15) is 9.59 Å². The first-order valence-electron chi connectivity index (χ1n) is 6.21. The second-order valence-electron chi connectivity index (χ2n) is 5.05. The van der Waals surface area contributed by atoms with Crippen LogP contribution in [-0.2, 0) is 9.59 Å². The molecule has 0 heterocycles. The average Bonchev–Trinajstić information content (AvgIpc) is 2.29. The van der Waals surface area contributed by atoms with E-state index in [1.54, 1.807) is 14.1 Å². The highest BCUT2D eigenvalue weighted by Crippen LogP contribution is 2.25. The summed E-state index contributed by atoms with van der Waals surface area (Å²) >= 11 is 0. The van der Waals surface area contributed by atoms with Gasteiger partial charge >= 0.3 is 0 Å². The topological polar surface area (TPSA) is 75.4 Å². The molecule has 1 saturated carbocycles. The molecule has 98 valence electrons. The van der Waals surface area contributed by atoms with Gasteiger partial charge in [-0.1, -0.05) is 0 Å². The SMILES string of the molecule is CN(C)C(=O)CNC(=O)CC1CCC(N)CC1. The zero-order chi connectivity index (χ0) is 12.8. The van der Waals surface area contributed by atoms with E-state index < -0.39 is 0 Å². The van der Waals surface area contributed by atoms with Crippen LogP contribution in [0.2, 0.25) is 0 Å². The molecule has 17 heavy (non-hydrogen) atoms. The molecule has 0 atom stereocenters. The van der Waals surface area contributed by atoms with Crippen molar-refractivity contribution in [1.82, 2.24) is 10.2 Å². The normalized spacial score (nSPS) is 24.2. The lowest BCUT2D eigenvalue weighted by atomic mass is 9.84. The van der Waals surface area contributed by atoms with Crippen LogP contribution in [0.25, 0.3) is 0 Å². The molecule has 0 bridgehead atoms. The van der Waals surface area contributed by atoms with Gasteiger partial charge in [-0.15, -0.1) is 0 Å². The summed E-state index contributed by atoms with van der Waals surface area (Å²) in [5.41, 5.74) is 5.81. The van der Waals surface area contributed by atoms with Crippen molar-refractivity contribution in [3.63, 3.8) is 0 Å². The van der Waals surface area contributed by atoms with Gasteiger partial charge in [0.05, 0.1) is 6.54 Å². The summed E-state index contributed by atoms with van der Waals surface area (Å²) in [5.74, 6) is 0.328. The van der Waals surface area contributed by atoms with Gasteiger partial charge < -0.3 is 16.0 Å². The lowest BCUT2D eigenvalue weighted by molar-refractivity contribution is -0.131. The van der Waals surface area contributed by atoms with Crippen LogP contribution in [0.1, 0.15) is 32.1 Å². The first-order chi connectivity index (χ1) is 7.99. The van der Waals surface area contributed by atoms with E-state index >= 15 is 0 Å². The Balaban J connectivity index is 2.19. The first-order valence-corrected chi connectivity index (χ1v) is 6.21. The molecule has 0 aromatic rings. The third-order valence-electron chi connectivity index (χ3n) is 3.30. The van der Waals surface area contributed by atoms with Crippen molar-refractivity contribution in [2.75, 3.05) is 20.6 Å². The maximum atomic E-state index is 11.6. The van der Waals surface area contributed by atoms with Gasteiger partial charge in [0, 0.05) is 26.6 Å². The van der Waals surface area contributed by atoms with E-state index in [-0.39, 0.29) is 18.4 Å². The maximum Gasteiger partial charge on any atom is 0.241 e. The molecule has 1 aliphatic carbocycles. The van der Waals surface area contributed by atoms with Gasteiger partial charge in [0.15, 0.2) is 0 Å². The lowest BCUT2D eigenvalue weighted by Crippen LogP contribution is -2.37. The number of carbonyl (C=O) groups excluding carboxylic acids is 2. The van der Waals surface area contributed by atoms with Crippen molar-refractivity contribution in [1.29, 1.82) is 0 Å². The van der Waals surface area contributed by atoms with E-state index in [0.717, 1.165) is 25.7 Å². The van der Waals surface area contributed by atoms with E-state index in [0.29, 0.717) is 18.4 Å². The Kier molecular flexibility index (Phi) is 5.41. The van der Waals surface area contributed by atoms with Gasteiger partial charge in [0.2, 0.25) is 11.8 Å². The molecule has 0 unspecified atom stereocenters. The summed E-state index contributed by atoms with van der Waals surface area (Å²) in [6.45, 7) is 0.0953. The Bertz CT molecular complexity index is 271. The van der Waals surface area contributed by atoms with Crippen molar-refractivity contribution in [3.8, 4) is 0 Å². The van der Waals surface area contributed by atoms with E-state index in [2.05, 4.69) is 5.32 Å². The second kappa shape index (κ2) is 6.59. The summed E-state index contributed by atoms with van der Waals surface area (Å²) in [5, 5.41) is 2.66. The molecule has 0 aromatic carbocycles. The number of nitrogens with one attached hydrogen (secondary N) is 1. The fourth-order valence-corrected chi connectivity index (χ4v) is 2.06. The quantitative estimate of drug-likeness (QED) is 0.733. The van der Waals surface area contributed by atoms with Crippen molar-refractivity contribution < 1.29 is 9.59 Å². The molecule has 0 radical (unpaired) electrons. The van der Waals surface area contributed by atoms with Gasteiger partial charge in [-0.25, -0.2) is 0 Å². The maximum absolute atomic E-state index is 11.6. The molecular weight excluding hydrogens is 218 g/mol. The van der Waals surface area contributed by atoms with Gasteiger partial charge in [0.1, 0.15) is 0 Å². The van der Waals surface area contributed by atoms with Crippen molar-refractivity contribution >= 4 is 11.8 Å². The van der Waals surface area contributed by atoms with Crippen LogP contribution in [0.3, 0.4) is 0 Å². The van der Waals surface area contributed by atoms with E-state index in [1.165, 1.54) is 4.90 Å². The molecule has 1 rings (SSSR count). The summed E-state index contributed by atoms with van der Waals surface area (Å²) < 4.78 is 0. The second-order valence-corrected chi connectivity index (χ2v) is 5.05. The summed E-state index contributed by atoms with van der Waals surface area (Å²) in [4.78, 5) is 24.4. The summed E-state index contributed by atoms with van der Waals surface area (Å²) in [6.07, 6.45) is 4.59. The Labute approximate surface area is 103 Å². The summed E-state index contributed by atoms with van der Waals surface area (Å²) in [6, 6.07) is 0.310. The molecule has 2 amide bonds. The zero-order valence-electron chi connectivity index (χ0n) is 10.7. The number of rotatable bonds is 4. The molecule has 1 fully saturated rings. The van der Waals surface area contributed by atoms with Crippen LogP contribution in [0.15, 0.2) is 0 Å². The minimum absolute atomic E-state index is 0.0272. The molecule has 3 N–H and O–H groups in total. The molecule has 0 saturated heterocycles. The molecule has 5 nitrogen and oxygen atoms in total. The average molecular weight is 241 g/mol. The monoisotopic (exact) mass is 241 g/mol. The van der Waals surface area contributed by atoms with Crippen molar-refractivity contribution in [2.45, 2.75) is 38.1 Å². The fourth-order valence-electron chi connectivity index (χ4n) is 2.06. The Morgan fingerprint density at radius 1 is 1.24 bits per heavy atom. The fraction of sp³-hybridized carbons (Fsp3) is 0.833. The van der Waals surface area contributed by atoms with Crippen molar-refractivity contribution in [3.05, 3.63) is 0 Å². The number of likely N-dealkylation sites (N-methyl/N-ethyl adjacent to an activating group) is 1. The third-order valence-corrected chi connectivity index (χ3v) is 3.30. The van der Waals surface area contributed by atoms with Crippen LogP contribution in [0.4, 0.5) is 0 Å². The van der Waals surface area contributed by atoms with Crippen LogP contribution >= 0.6 is 0 Å². The number of hydrogen-bond donors (Lipinski definition) is 2. The van der Waals surface area contributed by atoms with E-state index in [1.807, 2.05) is 0 Å². The third kappa shape index (κ3) is 5.17. The Morgan fingerprint density at radius 2 is 1.82 bits per heavy atom. The van der Waals surface area contributed by atoms with Gasteiger partial charge in [0.25, 0.3) is 0 Å². The van der Waals surface area contributed by atoms with Crippen LogP contribution in [-0.4, -0.2) is 43.4 Å². The van der Waals surface area contributed by atoms with Gasteiger partial charge in [-0.2, -0.15) is 0 Å². The molecule has 5 heteroatoms. The largest absolute Gasteiger partial charge is 0.347 e. The minimum Gasteiger partial charge on any atom is -0.347 e. The molecule has 1 aliphatic rings. The summed E-state index contributed by atoms with van der Waals surface area (Å²) in [7, 11) is 3.36. The number of amides is 2. The highest BCUT2D eigenvalue weighted by molar-refractivity contribution is 5.84. The predicted molar refractivity (Wildman–Crippen MR) is 66.3 cm³/mol.